The third-order valence-corrected chi connectivity index (χ3v) is 5.25. The second kappa shape index (κ2) is 8.51. The summed E-state index contributed by atoms with van der Waals surface area (Å²) in [6.07, 6.45) is 0.724. The van der Waals surface area contributed by atoms with E-state index in [2.05, 4.69) is 35.8 Å². The minimum atomic E-state index is -2.83. The summed E-state index contributed by atoms with van der Waals surface area (Å²) in [6.45, 7) is 0.362. The van der Waals surface area contributed by atoms with E-state index in [1.54, 1.807) is 42.3 Å². The normalized spacial score (nSPS) is 11.4. The van der Waals surface area contributed by atoms with E-state index in [0.29, 0.717) is 28.8 Å². The Morgan fingerprint density at radius 1 is 1.09 bits per heavy atom. The first-order valence-electron chi connectivity index (χ1n) is 9.75. The van der Waals surface area contributed by atoms with Gasteiger partial charge in [0.1, 0.15) is 5.69 Å². The van der Waals surface area contributed by atoms with Crippen molar-refractivity contribution in [2.24, 2.45) is 0 Å². The van der Waals surface area contributed by atoms with Gasteiger partial charge in [-0.15, -0.1) is 15.3 Å². The molecule has 5 rings (SSSR count). The summed E-state index contributed by atoms with van der Waals surface area (Å²) in [5.74, 6) is -0.204. The highest BCUT2D eigenvalue weighted by Gasteiger charge is 2.18. The number of hydrogen-bond donors (Lipinski definition) is 1. The van der Waals surface area contributed by atoms with Crippen LogP contribution in [0.4, 0.5) is 14.7 Å². The Bertz CT molecular complexity index is 1450. The fourth-order valence-electron chi connectivity index (χ4n) is 3.24. The van der Waals surface area contributed by atoms with Crippen LogP contribution in [0, 0.1) is 0 Å². The molecule has 0 radical (unpaired) electrons. The first-order valence-corrected chi connectivity index (χ1v) is 10.1. The quantitative estimate of drug-likeness (QED) is 0.384. The number of rotatable bonds is 6. The van der Waals surface area contributed by atoms with Crippen LogP contribution < -0.4 is 5.32 Å². The topological polar surface area (TPSA) is 107 Å². The zero-order valence-electron chi connectivity index (χ0n) is 17.1. The maximum Gasteiger partial charge on any atom is 0.314 e. The molecule has 0 fully saturated rings. The standard InChI is InChI=1S/C21H15ClF2N8O/c1-25-21-26-8-14-6-11(4-5-16(14)27-21)17-10-32(31-28-17)9-13-3-2-12(7-15(13)22)19-29-30-20(33-19)18(23)24/h2-8,10,18H,9H2,1H3,(H,25,26,27). The summed E-state index contributed by atoms with van der Waals surface area (Å²) in [5, 5.41) is 19.6. The summed E-state index contributed by atoms with van der Waals surface area (Å²) in [4.78, 5) is 8.65. The maximum atomic E-state index is 12.7. The molecule has 0 saturated carbocycles. The van der Waals surface area contributed by atoms with Crippen LogP contribution in [-0.2, 0) is 6.54 Å². The van der Waals surface area contributed by atoms with Crippen molar-refractivity contribution >= 4 is 28.5 Å². The molecule has 0 saturated heterocycles. The van der Waals surface area contributed by atoms with Gasteiger partial charge in [-0.1, -0.05) is 28.9 Å². The molecule has 2 aromatic carbocycles. The van der Waals surface area contributed by atoms with Crippen molar-refractivity contribution in [3.05, 3.63) is 65.3 Å². The zero-order chi connectivity index (χ0) is 22.9. The van der Waals surface area contributed by atoms with Gasteiger partial charge >= 0.3 is 6.43 Å². The Balaban J connectivity index is 1.35. The van der Waals surface area contributed by atoms with Crippen LogP contribution in [0.25, 0.3) is 33.6 Å². The van der Waals surface area contributed by atoms with Gasteiger partial charge in [0, 0.05) is 34.8 Å². The highest BCUT2D eigenvalue weighted by Crippen LogP contribution is 2.28. The molecular weight excluding hydrogens is 454 g/mol. The Morgan fingerprint density at radius 2 is 1.94 bits per heavy atom. The van der Waals surface area contributed by atoms with E-state index < -0.39 is 12.3 Å². The van der Waals surface area contributed by atoms with E-state index in [9.17, 15) is 8.78 Å². The number of anilines is 1. The molecule has 12 heteroatoms. The molecule has 0 aliphatic carbocycles. The predicted molar refractivity (Wildman–Crippen MR) is 117 cm³/mol. The fraction of sp³-hybridized carbons (Fsp3) is 0.143. The van der Waals surface area contributed by atoms with E-state index >= 15 is 0 Å². The van der Waals surface area contributed by atoms with Crippen molar-refractivity contribution in [3.8, 4) is 22.7 Å². The molecule has 5 aromatic rings. The van der Waals surface area contributed by atoms with Crippen molar-refractivity contribution in [1.29, 1.82) is 0 Å². The number of nitrogens with zero attached hydrogens (tertiary/aromatic N) is 7. The second-order valence-corrected chi connectivity index (χ2v) is 7.48. The van der Waals surface area contributed by atoms with Crippen LogP contribution in [0.2, 0.25) is 5.02 Å². The van der Waals surface area contributed by atoms with Crippen LogP contribution >= 0.6 is 11.6 Å². The third kappa shape index (κ3) is 4.22. The van der Waals surface area contributed by atoms with Crippen LogP contribution in [-0.4, -0.2) is 42.2 Å². The first-order chi connectivity index (χ1) is 16.0. The number of fused-ring (bicyclic) bond motifs is 1. The minimum absolute atomic E-state index is 0.0242. The van der Waals surface area contributed by atoms with Gasteiger partial charge < -0.3 is 9.73 Å². The van der Waals surface area contributed by atoms with Gasteiger partial charge in [-0.05, 0) is 29.8 Å². The molecule has 0 unspecified atom stereocenters. The second-order valence-electron chi connectivity index (χ2n) is 7.07. The SMILES string of the molecule is CNc1ncc2cc(-c3cn(Cc4ccc(-c5nnc(C(F)F)o5)cc4Cl)nn3)ccc2n1. The van der Waals surface area contributed by atoms with Gasteiger partial charge in [0.05, 0.1) is 18.3 Å². The molecular formula is C21H15ClF2N8O. The lowest BCUT2D eigenvalue weighted by atomic mass is 10.1. The lowest BCUT2D eigenvalue weighted by Gasteiger charge is -2.05. The third-order valence-electron chi connectivity index (χ3n) is 4.90. The average molecular weight is 469 g/mol. The molecule has 0 bridgehead atoms. The van der Waals surface area contributed by atoms with E-state index in [4.69, 9.17) is 16.0 Å². The van der Waals surface area contributed by atoms with E-state index in [0.717, 1.165) is 22.0 Å². The summed E-state index contributed by atoms with van der Waals surface area (Å²) >= 11 is 6.39. The molecule has 3 aromatic heterocycles. The van der Waals surface area contributed by atoms with Crippen LogP contribution in [0.5, 0.6) is 0 Å². The molecule has 0 amide bonds. The van der Waals surface area contributed by atoms with Gasteiger partial charge in [0.2, 0.25) is 11.8 Å². The molecule has 0 atom stereocenters. The van der Waals surface area contributed by atoms with Crippen molar-refractivity contribution < 1.29 is 13.2 Å². The fourth-order valence-corrected chi connectivity index (χ4v) is 3.48. The van der Waals surface area contributed by atoms with Gasteiger partial charge in [-0.2, -0.15) is 8.78 Å². The monoisotopic (exact) mass is 468 g/mol. The minimum Gasteiger partial charge on any atom is -0.415 e. The van der Waals surface area contributed by atoms with E-state index in [-0.39, 0.29) is 5.89 Å². The molecule has 0 spiro atoms. The van der Waals surface area contributed by atoms with E-state index in [1.807, 2.05) is 18.2 Å². The Labute approximate surface area is 190 Å². The molecule has 0 aliphatic heterocycles. The van der Waals surface area contributed by atoms with Crippen molar-refractivity contribution in [2.45, 2.75) is 13.0 Å². The maximum absolute atomic E-state index is 12.7. The summed E-state index contributed by atoms with van der Waals surface area (Å²) in [6, 6.07) is 10.8. The predicted octanol–water partition coefficient (Wildman–Crippen LogP) is 4.62. The number of alkyl halides is 2. The number of aromatic nitrogens is 7. The number of halogens is 3. The zero-order valence-corrected chi connectivity index (χ0v) is 17.8. The summed E-state index contributed by atoms with van der Waals surface area (Å²) < 4.78 is 32.0. The highest BCUT2D eigenvalue weighted by atomic mass is 35.5. The van der Waals surface area contributed by atoms with Crippen molar-refractivity contribution in [3.63, 3.8) is 0 Å². The lowest BCUT2D eigenvalue weighted by Crippen LogP contribution is -2.01. The van der Waals surface area contributed by atoms with Gasteiger partial charge in [-0.25, -0.2) is 14.6 Å². The van der Waals surface area contributed by atoms with Crippen LogP contribution in [0.1, 0.15) is 17.9 Å². The molecule has 1 N–H and O–H groups in total. The van der Waals surface area contributed by atoms with Crippen LogP contribution in [0.15, 0.2) is 53.2 Å². The number of hydrogen-bond acceptors (Lipinski definition) is 8. The van der Waals surface area contributed by atoms with Crippen molar-refractivity contribution in [1.82, 2.24) is 35.2 Å². The molecule has 0 aliphatic rings. The van der Waals surface area contributed by atoms with Crippen molar-refractivity contribution in [2.75, 3.05) is 12.4 Å². The average Bonchev–Trinajstić information content (AvgIpc) is 3.50. The molecule has 3 heterocycles. The largest absolute Gasteiger partial charge is 0.415 e. The van der Waals surface area contributed by atoms with Gasteiger partial charge in [0.15, 0.2) is 0 Å². The molecule has 166 valence electrons. The van der Waals surface area contributed by atoms with E-state index in [1.165, 1.54) is 0 Å². The smallest absolute Gasteiger partial charge is 0.314 e. The number of benzene rings is 2. The highest BCUT2D eigenvalue weighted by molar-refractivity contribution is 6.31. The first kappa shape index (κ1) is 20.9. The summed E-state index contributed by atoms with van der Waals surface area (Å²) in [7, 11) is 1.77. The molecule has 33 heavy (non-hydrogen) atoms. The Morgan fingerprint density at radius 3 is 2.70 bits per heavy atom. The van der Waals surface area contributed by atoms with Gasteiger partial charge in [0.25, 0.3) is 5.89 Å². The Kier molecular flexibility index (Phi) is 5.38. The Hall–Kier alpha value is -3.99. The lowest BCUT2D eigenvalue weighted by molar-refractivity contribution is 0.116. The summed E-state index contributed by atoms with van der Waals surface area (Å²) in [5.41, 5.74) is 3.59. The van der Waals surface area contributed by atoms with Gasteiger partial charge in [-0.3, -0.25) is 0 Å². The van der Waals surface area contributed by atoms with Crippen LogP contribution in [0.3, 0.4) is 0 Å². The number of nitrogens with one attached hydrogen (secondary N) is 1. The molecule has 9 nitrogen and oxygen atoms in total.